The molecule has 2 N–H and O–H groups in total. The van der Waals surface area contributed by atoms with Gasteiger partial charge in [0.15, 0.2) is 0 Å². The summed E-state index contributed by atoms with van der Waals surface area (Å²) in [5.74, 6) is 0. The Labute approximate surface area is 159 Å². The highest BCUT2D eigenvalue weighted by Crippen LogP contribution is 2.58. The van der Waals surface area contributed by atoms with Gasteiger partial charge in [-0.15, -0.1) is 6.58 Å². The average Bonchev–Trinajstić information content (AvgIpc) is 2.88. The van der Waals surface area contributed by atoms with Gasteiger partial charge in [-0.25, -0.2) is 5.48 Å². The lowest BCUT2D eigenvalue weighted by Crippen LogP contribution is -2.58. The number of hydrogen-bond donors (Lipinski definition) is 2. The number of rotatable bonds is 7. The van der Waals surface area contributed by atoms with E-state index in [1.54, 1.807) is 0 Å². The summed E-state index contributed by atoms with van der Waals surface area (Å²) < 4.78 is 6.75. The molecule has 1 fully saturated rings. The maximum atomic E-state index is 5.80. The molecule has 1 spiro atoms. The Morgan fingerprint density at radius 1 is 1.36 bits per heavy atom. The number of ether oxygens (including phenoxy) is 1. The number of methoxy groups -OCH3 is 1. The van der Waals surface area contributed by atoms with Crippen LogP contribution in [0.1, 0.15) is 36.8 Å². The van der Waals surface area contributed by atoms with Crippen LogP contribution in [0.5, 0.6) is 0 Å². The Hall–Kier alpha value is -0.720. The van der Waals surface area contributed by atoms with Crippen LogP contribution < -0.4 is 10.8 Å². The summed E-state index contributed by atoms with van der Waals surface area (Å²) >= 11 is 3.66. The molecular weight excluding hydrogens is 380 g/mol. The summed E-state index contributed by atoms with van der Waals surface area (Å²) in [5.41, 5.74) is 5.59. The van der Waals surface area contributed by atoms with Crippen molar-refractivity contribution in [1.29, 1.82) is 0 Å². The average molecular weight is 409 g/mol. The van der Waals surface area contributed by atoms with E-state index in [0.717, 1.165) is 43.1 Å². The van der Waals surface area contributed by atoms with E-state index in [1.165, 1.54) is 11.1 Å². The van der Waals surface area contributed by atoms with E-state index in [9.17, 15) is 0 Å². The van der Waals surface area contributed by atoms with E-state index < -0.39 is 0 Å². The third-order valence-corrected chi connectivity index (χ3v) is 6.66. The molecule has 2 aliphatic rings. The van der Waals surface area contributed by atoms with Crippen molar-refractivity contribution in [2.75, 3.05) is 27.3 Å². The highest BCUT2D eigenvalue weighted by Gasteiger charge is 2.58. The van der Waals surface area contributed by atoms with Crippen molar-refractivity contribution in [3.05, 3.63) is 46.5 Å². The standard InChI is InChI=1S/C20H29BrN2O2/c1-4-11-23-20(14-25-22-2)18-12-16(21)6-5-15(18)13-19(20)9-7-17(24-3)8-10-19/h4-6,12,17,22-23H,1,7-11,13-14H2,2-3H3. The molecule has 4 nitrogen and oxygen atoms in total. The molecule has 1 aromatic carbocycles. The molecule has 1 aromatic rings. The largest absolute Gasteiger partial charge is 0.381 e. The van der Waals surface area contributed by atoms with Gasteiger partial charge in [-0.2, -0.15) is 0 Å². The molecule has 3 rings (SSSR count). The molecule has 2 aliphatic carbocycles. The van der Waals surface area contributed by atoms with Crippen molar-refractivity contribution in [3.8, 4) is 0 Å². The van der Waals surface area contributed by atoms with Crippen LogP contribution >= 0.6 is 15.9 Å². The zero-order valence-corrected chi connectivity index (χ0v) is 16.8. The van der Waals surface area contributed by atoms with Crippen LogP contribution in [0, 0.1) is 5.41 Å². The minimum atomic E-state index is -0.220. The van der Waals surface area contributed by atoms with Crippen LogP contribution in [0.4, 0.5) is 0 Å². The van der Waals surface area contributed by atoms with Crippen molar-refractivity contribution >= 4 is 15.9 Å². The lowest BCUT2D eigenvalue weighted by Gasteiger charge is -2.50. The highest BCUT2D eigenvalue weighted by molar-refractivity contribution is 9.10. The quantitative estimate of drug-likeness (QED) is 0.533. The molecule has 1 atom stereocenters. The van der Waals surface area contributed by atoms with Crippen LogP contribution in [0.25, 0.3) is 0 Å². The predicted octanol–water partition coefficient (Wildman–Crippen LogP) is 3.70. The van der Waals surface area contributed by atoms with E-state index in [1.807, 2.05) is 20.2 Å². The monoisotopic (exact) mass is 408 g/mol. The smallest absolute Gasteiger partial charge is 0.0911 e. The van der Waals surface area contributed by atoms with Crippen LogP contribution in [0.3, 0.4) is 0 Å². The molecule has 0 bridgehead atoms. The fourth-order valence-electron chi connectivity index (χ4n) is 4.88. The fourth-order valence-corrected chi connectivity index (χ4v) is 5.24. The van der Waals surface area contributed by atoms with Crippen LogP contribution in [-0.4, -0.2) is 33.4 Å². The number of hydrogen-bond acceptors (Lipinski definition) is 4. The summed E-state index contributed by atoms with van der Waals surface area (Å²) in [6.07, 6.45) is 7.87. The minimum absolute atomic E-state index is 0.144. The van der Waals surface area contributed by atoms with Gasteiger partial charge in [0, 0.05) is 25.2 Å². The zero-order chi connectivity index (χ0) is 17.9. The number of nitrogens with one attached hydrogen (secondary N) is 2. The molecule has 1 saturated carbocycles. The van der Waals surface area contributed by atoms with Gasteiger partial charge in [-0.05, 0) is 60.8 Å². The Bertz CT molecular complexity index is 614. The Kier molecular flexibility index (Phi) is 6.01. The first-order valence-electron chi connectivity index (χ1n) is 9.07. The molecule has 0 radical (unpaired) electrons. The normalized spacial score (nSPS) is 31.2. The van der Waals surface area contributed by atoms with E-state index in [-0.39, 0.29) is 11.0 Å². The Morgan fingerprint density at radius 2 is 2.12 bits per heavy atom. The third-order valence-electron chi connectivity index (χ3n) is 6.17. The van der Waals surface area contributed by atoms with E-state index >= 15 is 0 Å². The molecule has 138 valence electrons. The molecular formula is C20H29BrN2O2. The van der Waals surface area contributed by atoms with Gasteiger partial charge < -0.3 is 10.1 Å². The molecule has 1 unspecified atom stereocenters. The highest BCUT2D eigenvalue weighted by atomic mass is 79.9. The second-order valence-electron chi connectivity index (χ2n) is 7.26. The maximum Gasteiger partial charge on any atom is 0.0911 e. The number of hydroxylamine groups is 1. The molecule has 5 heteroatoms. The minimum Gasteiger partial charge on any atom is -0.381 e. The summed E-state index contributed by atoms with van der Waals surface area (Å²) in [5, 5.41) is 3.81. The molecule has 25 heavy (non-hydrogen) atoms. The van der Waals surface area contributed by atoms with Crippen molar-refractivity contribution in [2.45, 2.75) is 43.7 Å². The fraction of sp³-hybridized carbons (Fsp3) is 0.600. The van der Waals surface area contributed by atoms with Crippen molar-refractivity contribution in [1.82, 2.24) is 10.8 Å². The third kappa shape index (κ3) is 3.33. The predicted molar refractivity (Wildman–Crippen MR) is 104 cm³/mol. The van der Waals surface area contributed by atoms with Gasteiger partial charge in [-0.3, -0.25) is 4.84 Å². The number of fused-ring (bicyclic) bond motifs is 1. The van der Waals surface area contributed by atoms with E-state index in [4.69, 9.17) is 9.57 Å². The van der Waals surface area contributed by atoms with Gasteiger partial charge in [0.25, 0.3) is 0 Å². The van der Waals surface area contributed by atoms with Gasteiger partial charge >= 0.3 is 0 Å². The summed E-state index contributed by atoms with van der Waals surface area (Å²) in [6, 6.07) is 6.68. The summed E-state index contributed by atoms with van der Waals surface area (Å²) in [6.45, 7) is 5.27. The van der Waals surface area contributed by atoms with E-state index in [2.05, 4.69) is 51.5 Å². The molecule has 0 aliphatic heterocycles. The van der Waals surface area contributed by atoms with Crippen molar-refractivity contribution in [3.63, 3.8) is 0 Å². The Morgan fingerprint density at radius 3 is 2.76 bits per heavy atom. The molecule has 0 heterocycles. The first-order chi connectivity index (χ1) is 12.1. The van der Waals surface area contributed by atoms with Crippen molar-refractivity contribution in [2.24, 2.45) is 5.41 Å². The first kappa shape index (κ1) is 19.1. The topological polar surface area (TPSA) is 42.5 Å². The first-order valence-corrected chi connectivity index (χ1v) is 9.86. The molecule has 0 aromatic heterocycles. The van der Waals surface area contributed by atoms with Gasteiger partial charge in [0.2, 0.25) is 0 Å². The van der Waals surface area contributed by atoms with Crippen LogP contribution in [0.15, 0.2) is 35.3 Å². The summed E-state index contributed by atoms with van der Waals surface area (Å²) in [4.78, 5) is 5.80. The summed E-state index contributed by atoms with van der Waals surface area (Å²) in [7, 11) is 3.66. The Balaban J connectivity index is 2.05. The van der Waals surface area contributed by atoms with E-state index in [0.29, 0.717) is 12.7 Å². The van der Waals surface area contributed by atoms with Gasteiger partial charge in [0.05, 0.1) is 18.2 Å². The molecule has 0 amide bonds. The van der Waals surface area contributed by atoms with Crippen molar-refractivity contribution < 1.29 is 9.57 Å². The van der Waals surface area contributed by atoms with Gasteiger partial charge in [-0.1, -0.05) is 28.1 Å². The number of halogens is 1. The SMILES string of the molecule is C=CCNC1(CONC)c2cc(Br)ccc2CC12CCC(OC)CC2. The maximum absolute atomic E-state index is 5.80. The van der Waals surface area contributed by atoms with Gasteiger partial charge in [0.1, 0.15) is 0 Å². The zero-order valence-electron chi connectivity index (χ0n) is 15.2. The second-order valence-corrected chi connectivity index (χ2v) is 8.18. The van der Waals surface area contributed by atoms with Crippen LogP contribution in [-0.2, 0) is 21.5 Å². The van der Waals surface area contributed by atoms with Crippen LogP contribution in [0.2, 0.25) is 0 Å². The second kappa shape index (κ2) is 7.89. The lowest BCUT2D eigenvalue weighted by molar-refractivity contribution is -0.0714. The molecule has 0 saturated heterocycles. The lowest BCUT2D eigenvalue weighted by atomic mass is 9.61. The number of benzene rings is 1.